The maximum absolute atomic E-state index is 12.0. The van der Waals surface area contributed by atoms with Crippen molar-refractivity contribution in [3.05, 3.63) is 0 Å². The third kappa shape index (κ3) is 2.10. The quantitative estimate of drug-likeness (QED) is 0.783. The van der Waals surface area contributed by atoms with E-state index in [0.29, 0.717) is 12.2 Å². The van der Waals surface area contributed by atoms with Gasteiger partial charge in [-0.05, 0) is 18.3 Å². The molecule has 1 aliphatic carbocycles. The lowest BCUT2D eigenvalue weighted by Gasteiger charge is -2.36. The summed E-state index contributed by atoms with van der Waals surface area (Å²) in [6.45, 7) is 4.32. The van der Waals surface area contributed by atoms with Gasteiger partial charge in [-0.2, -0.15) is 5.10 Å². The molecule has 1 N–H and O–H groups in total. The number of carbonyl (C=O) groups excluding carboxylic acids is 1. The van der Waals surface area contributed by atoms with Crippen molar-refractivity contribution in [3.8, 4) is 0 Å². The van der Waals surface area contributed by atoms with E-state index in [1.165, 1.54) is 0 Å². The van der Waals surface area contributed by atoms with Crippen LogP contribution in [0.4, 0.5) is 0 Å². The molecular weight excluding hydrogens is 256 g/mol. The molecule has 2 atom stereocenters. The third-order valence-corrected chi connectivity index (χ3v) is 3.65. The van der Waals surface area contributed by atoms with E-state index in [-0.39, 0.29) is 17.4 Å². The second-order valence-electron chi connectivity index (χ2n) is 5.27. The van der Waals surface area contributed by atoms with Gasteiger partial charge in [-0.1, -0.05) is 29.8 Å². The van der Waals surface area contributed by atoms with Gasteiger partial charge in [0, 0.05) is 11.8 Å². The first kappa shape index (κ1) is 11.1. The summed E-state index contributed by atoms with van der Waals surface area (Å²) in [7, 11) is 0. The summed E-state index contributed by atoms with van der Waals surface area (Å²) in [5, 5.41) is 5.18. The highest BCUT2D eigenvalue weighted by molar-refractivity contribution is 9.09. The molecule has 4 heteroatoms. The molecule has 2 aliphatic rings. The number of hydrogen-bond donors (Lipinski definition) is 1. The molecule has 0 bridgehead atoms. The summed E-state index contributed by atoms with van der Waals surface area (Å²) in [6, 6.07) is 0.246. The topological polar surface area (TPSA) is 41.5 Å². The second-order valence-corrected chi connectivity index (χ2v) is 6.06. The van der Waals surface area contributed by atoms with E-state index in [2.05, 4.69) is 40.3 Å². The number of nitrogens with zero attached hydrogens (tertiary/aromatic N) is 1. The van der Waals surface area contributed by atoms with Gasteiger partial charge in [0.1, 0.15) is 5.78 Å². The zero-order valence-electron chi connectivity index (χ0n) is 9.22. The highest BCUT2D eigenvalue weighted by atomic mass is 79.9. The molecule has 2 rings (SSSR count). The molecule has 1 fully saturated rings. The number of alkyl halides is 1. The molecule has 0 aromatic carbocycles. The molecule has 0 aromatic rings. The lowest BCUT2D eigenvalue weighted by atomic mass is 9.68. The van der Waals surface area contributed by atoms with Crippen LogP contribution in [-0.2, 0) is 4.79 Å². The largest absolute Gasteiger partial charge is 0.306 e. The predicted molar refractivity (Wildman–Crippen MR) is 64.3 cm³/mol. The minimum atomic E-state index is 0.0515. The first-order valence-corrected chi connectivity index (χ1v) is 6.56. The van der Waals surface area contributed by atoms with Crippen LogP contribution >= 0.6 is 15.9 Å². The number of hydrazone groups is 1. The van der Waals surface area contributed by atoms with E-state index in [0.717, 1.165) is 23.9 Å². The summed E-state index contributed by atoms with van der Waals surface area (Å²) in [5.41, 5.74) is 4.29. The predicted octanol–water partition coefficient (Wildman–Crippen LogP) is 2.10. The van der Waals surface area contributed by atoms with Gasteiger partial charge in [-0.3, -0.25) is 4.79 Å². The molecule has 0 aromatic heterocycles. The molecule has 2 unspecified atom stereocenters. The number of ketones is 1. The van der Waals surface area contributed by atoms with Gasteiger partial charge in [0.05, 0.1) is 17.7 Å². The fourth-order valence-corrected chi connectivity index (χ4v) is 3.08. The van der Waals surface area contributed by atoms with Crippen LogP contribution in [0.25, 0.3) is 0 Å². The average molecular weight is 273 g/mol. The van der Waals surface area contributed by atoms with Crippen LogP contribution in [0.5, 0.6) is 0 Å². The zero-order valence-corrected chi connectivity index (χ0v) is 10.8. The van der Waals surface area contributed by atoms with Crippen molar-refractivity contribution in [2.75, 3.05) is 5.33 Å². The van der Waals surface area contributed by atoms with Gasteiger partial charge in [0.15, 0.2) is 0 Å². The van der Waals surface area contributed by atoms with E-state index in [1.54, 1.807) is 0 Å². The smallest absolute Gasteiger partial charge is 0.144 e. The summed E-state index contributed by atoms with van der Waals surface area (Å²) in [6.07, 6.45) is 2.61. The normalized spacial score (nSPS) is 33.3. The van der Waals surface area contributed by atoms with Crippen molar-refractivity contribution >= 4 is 27.4 Å². The van der Waals surface area contributed by atoms with Crippen molar-refractivity contribution in [1.29, 1.82) is 0 Å². The minimum Gasteiger partial charge on any atom is -0.306 e. The first-order valence-electron chi connectivity index (χ1n) is 5.44. The summed E-state index contributed by atoms with van der Waals surface area (Å²) in [5.74, 6) is 0.413. The number of carbonyl (C=O) groups is 1. The first-order chi connectivity index (χ1) is 7.03. The Balaban J connectivity index is 2.14. The van der Waals surface area contributed by atoms with Crippen molar-refractivity contribution in [1.82, 2.24) is 5.43 Å². The molecular formula is C11H17BrN2O. The van der Waals surface area contributed by atoms with Crippen molar-refractivity contribution < 1.29 is 4.79 Å². The molecule has 0 amide bonds. The number of nitrogens with one attached hydrogen (secondary N) is 1. The van der Waals surface area contributed by atoms with Crippen LogP contribution in [0.2, 0.25) is 0 Å². The van der Waals surface area contributed by atoms with Gasteiger partial charge in [-0.25, -0.2) is 0 Å². The maximum Gasteiger partial charge on any atom is 0.144 e. The van der Waals surface area contributed by atoms with Crippen molar-refractivity contribution in [3.63, 3.8) is 0 Å². The summed E-state index contributed by atoms with van der Waals surface area (Å²) >= 11 is 3.40. The Morgan fingerprint density at radius 1 is 1.60 bits per heavy atom. The van der Waals surface area contributed by atoms with Crippen LogP contribution in [0.3, 0.4) is 0 Å². The number of halogens is 1. The van der Waals surface area contributed by atoms with Crippen LogP contribution < -0.4 is 5.43 Å². The zero-order chi connectivity index (χ0) is 11.1. The van der Waals surface area contributed by atoms with Crippen molar-refractivity contribution in [2.45, 2.75) is 39.2 Å². The third-order valence-electron chi connectivity index (χ3n) is 3.26. The maximum atomic E-state index is 12.0. The fraction of sp³-hybridized carbons (Fsp3) is 0.818. The second kappa shape index (κ2) is 3.89. The van der Waals surface area contributed by atoms with E-state index >= 15 is 0 Å². The van der Waals surface area contributed by atoms with Crippen LogP contribution in [0.1, 0.15) is 33.1 Å². The van der Waals surface area contributed by atoms with E-state index < -0.39 is 0 Å². The van der Waals surface area contributed by atoms with E-state index in [4.69, 9.17) is 0 Å². The number of fused-ring (bicyclic) bond motifs is 1. The lowest BCUT2D eigenvalue weighted by Crippen LogP contribution is -2.45. The molecule has 0 spiro atoms. The summed E-state index contributed by atoms with van der Waals surface area (Å²) in [4.78, 5) is 12.0. The number of rotatable bonds is 2. The monoisotopic (exact) mass is 272 g/mol. The molecule has 1 saturated carbocycles. The highest BCUT2D eigenvalue weighted by Gasteiger charge is 2.45. The van der Waals surface area contributed by atoms with Gasteiger partial charge in [0.2, 0.25) is 0 Å². The molecule has 15 heavy (non-hydrogen) atoms. The highest BCUT2D eigenvalue weighted by Crippen LogP contribution is 2.38. The minimum absolute atomic E-state index is 0.0515. The standard InChI is InChI=1S/C11H17BrN2O/c1-11(2)5-8-10(9(15)6-11)7(3-4-12)13-14-8/h8,10,14H,3-6H2,1-2H3. The lowest BCUT2D eigenvalue weighted by molar-refractivity contribution is -0.126. The average Bonchev–Trinajstić information content (AvgIpc) is 2.46. The summed E-state index contributed by atoms with van der Waals surface area (Å²) < 4.78 is 0. The number of hydrogen-bond acceptors (Lipinski definition) is 3. The molecule has 0 radical (unpaired) electrons. The van der Waals surface area contributed by atoms with Crippen LogP contribution in [-0.4, -0.2) is 22.9 Å². The molecule has 1 heterocycles. The fourth-order valence-electron chi connectivity index (χ4n) is 2.67. The Labute approximate surface area is 98.8 Å². The molecule has 1 aliphatic heterocycles. The number of Topliss-reactive ketones (excluding diaryl/α,β-unsaturated/α-hetero) is 1. The molecule has 84 valence electrons. The Kier molecular flexibility index (Phi) is 2.88. The molecule has 0 saturated heterocycles. The van der Waals surface area contributed by atoms with E-state index in [9.17, 15) is 4.79 Å². The Hall–Kier alpha value is -0.380. The molecule has 3 nitrogen and oxygen atoms in total. The van der Waals surface area contributed by atoms with Gasteiger partial charge < -0.3 is 5.43 Å². The van der Waals surface area contributed by atoms with E-state index in [1.807, 2.05) is 0 Å². The Morgan fingerprint density at radius 3 is 3.00 bits per heavy atom. The van der Waals surface area contributed by atoms with Gasteiger partial charge in [0.25, 0.3) is 0 Å². The van der Waals surface area contributed by atoms with Crippen molar-refractivity contribution in [2.24, 2.45) is 16.4 Å². The van der Waals surface area contributed by atoms with Gasteiger partial charge >= 0.3 is 0 Å². The Morgan fingerprint density at radius 2 is 2.33 bits per heavy atom. The Bertz CT molecular complexity index is 312. The van der Waals surface area contributed by atoms with Crippen LogP contribution in [0, 0.1) is 11.3 Å². The van der Waals surface area contributed by atoms with Crippen LogP contribution in [0.15, 0.2) is 5.10 Å². The SMILES string of the molecule is CC1(C)CC(=O)C2C(CCBr)=NNC2C1. The van der Waals surface area contributed by atoms with Gasteiger partial charge in [-0.15, -0.1) is 0 Å².